The van der Waals surface area contributed by atoms with Gasteiger partial charge in [0.2, 0.25) is 0 Å². The molecular formula is C87H146O17P2. The summed E-state index contributed by atoms with van der Waals surface area (Å²) >= 11 is 0. The first-order valence-electron chi connectivity index (χ1n) is 41.1. The predicted molar refractivity (Wildman–Crippen MR) is 436 cm³/mol. The first-order chi connectivity index (χ1) is 51.7. The summed E-state index contributed by atoms with van der Waals surface area (Å²) in [4.78, 5) is 73.1. The van der Waals surface area contributed by atoms with Gasteiger partial charge in [-0.15, -0.1) is 0 Å². The minimum atomic E-state index is -5.01. The first kappa shape index (κ1) is 101. The van der Waals surface area contributed by atoms with Crippen molar-refractivity contribution in [1.29, 1.82) is 0 Å². The van der Waals surface area contributed by atoms with E-state index in [4.69, 9.17) is 37.0 Å². The number of phosphoric ester groups is 2. The van der Waals surface area contributed by atoms with Gasteiger partial charge in [-0.05, 0) is 141 Å². The molecule has 0 aliphatic carbocycles. The van der Waals surface area contributed by atoms with Crippen molar-refractivity contribution < 1.29 is 80.2 Å². The van der Waals surface area contributed by atoms with Crippen molar-refractivity contribution in [1.82, 2.24) is 0 Å². The van der Waals surface area contributed by atoms with Crippen LogP contribution in [0, 0.1) is 0 Å². The Morgan fingerprint density at radius 2 is 0.500 bits per heavy atom. The Balaban J connectivity index is 5.46. The van der Waals surface area contributed by atoms with Gasteiger partial charge in [0.1, 0.15) is 19.3 Å². The molecule has 0 radical (unpaired) electrons. The molecule has 0 aromatic carbocycles. The molecule has 0 aromatic heterocycles. The Hall–Kier alpha value is -5.06. The number of allylic oxidation sites excluding steroid dienone is 24. The first-order valence-corrected chi connectivity index (χ1v) is 44.1. The van der Waals surface area contributed by atoms with E-state index in [1.807, 2.05) is 12.2 Å². The van der Waals surface area contributed by atoms with Crippen molar-refractivity contribution in [2.75, 3.05) is 39.6 Å². The van der Waals surface area contributed by atoms with Crippen LogP contribution in [0.2, 0.25) is 0 Å². The van der Waals surface area contributed by atoms with E-state index in [0.29, 0.717) is 32.1 Å². The quantitative estimate of drug-likeness (QED) is 0.0169. The molecule has 106 heavy (non-hydrogen) atoms. The second-order valence-corrected chi connectivity index (χ2v) is 29.9. The van der Waals surface area contributed by atoms with Gasteiger partial charge >= 0.3 is 39.5 Å². The van der Waals surface area contributed by atoms with Crippen LogP contribution in [0.25, 0.3) is 0 Å². The number of aliphatic hydroxyl groups excluding tert-OH is 1. The molecule has 0 amide bonds. The fourth-order valence-corrected chi connectivity index (χ4v) is 12.2. The van der Waals surface area contributed by atoms with Gasteiger partial charge in [0, 0.05) is 25.7 Å². The number of hydrogen-bond acceptors (Lipinski definition) is 15. The second kappa shape index (κ2) is 78.1. The number of carbonyl (C=O) groups is 4. The highest BCUT2D eigenvalue weighted by Crippen LogP contribution is 2.45. The molecular weight excluding hydrogens is 1380 g/mol. The smallest absolute Gasteiger partial charge is 0.462 e. The highest BCUT2D eigenvalue weighted by Gasteiger charge is 2.30. The topological polar surface area (TPSA) is 237 Å². The van der Waals surface area contributed by atoms with Crippen molar-refractivity contribution in [2.24, 2.45) is 0 Å². The molecule has 3 N–H and O–H groups in total. The standard InChI is InChI=1S/C87H146O17P2/c1-5-9-13-17-21-25-29-33-37-39-40-42-45-48-52-56-60-64-68-72-85(90)98-78-83(104-87(92)74-70-66-62-58-54-50-46-41-38-34-30-26-22-18-14-10-6-2)80-102-106(95,96)100-76-81(88)75-99-105(93,94)101-79-82(103-86(91)73-69-65-61-57-53-49-44-36-32-28-24-20-16-12-8-4)77-97-84(89)71-67-63-59-55-51-47-43-35-31-27-23-19-15-11-7-3/h9-10,13-14,21-23,25-27,33-35,37-38,40,42-43,46,48,50,52,58,62,81-83,88H,5-8,11-12,15-20,24,28-32,36,39,41,44-45,47,49,51,53-57,59-61,63-80H2,1-4H3,(H,93,94)(H,95,96)/b13-9-,14-10-,25-21-,26-22-,27-23-,37-33-,38-34-,42-40-,43-35-,50-46-,52-48-,62-58-. The number of carbonyl (C=O) groups excluding carboxylic acids is 4. The maximum absolute atomic E-state index is 13.1. The molecule has 5 atom stereocenters. The zero-order chi connectivity index (χ0) is 77.4. The van der Waals surface area contributed by atoms with E-state index in [9.17, 15) is 43.2 Å². The van der Waals surface area contributed by atoms with Crippen molar-refractivity contribution in [2.45, 2.75) is 341 Å². The average Bonchev–Trinajstić information content (AvgIpc) is 0.902. The van der Waals surface area contributed by atoms with Gasteiger partial charge < -0.3 is 33.8 Å². The van der Waals surface area contributed by atoms with E-state index in [1.165, 1.54) is 83.5 Å². The van der Waals surface area contributed by atoms with Crippen LogP contribution in [0.3, 0.4) is 0 Å². The molecule has 0 bridgehead atoms. The fraction of sp³-hybridized carbons (Fsp3) is 0.678. The molecule has 0 spiro atoms. The van der Waals surface area contributed by atoms with Gasteiger partial charge in [0.05, 0.1) is 26.4 Å². The summed E-state index contributed by atoms with van der Waals surface area (Å²) in [6.45, 7) is 4.53. The number of ether oxygens (including phenoxy) is 4. The molecule has 5 unspecified atom stereocenters. The summed E-state index contributed by atoms with van der Waals surface area (Å²) in [6.07, 6.45) is 89.7. The molecule has 0 saturated heterocycles. The van der Waals surface area contributed by atoms with Crippen LogP contribution < -0.4 is 0 Å². The number of aliphatic hydroxyl groups is 1. The van der Waals surface area contributed by atoms with Gasteiger partial charge in [-0.3, -0.25) is 37.3 Å². The van der Waals surface area contributed by atoms with Crippen molar-refractivity contribution in [3.8, 4) is 0 Å². The number of esters is 4. The summed E-state index contributed by atoms with van der Waals surface area (Å²) in [5.74, 6) is -2.29. The third-order valence-electron chi connectivity index (χ3n) is 16.8. The maximum Gasteiger partial charge on any atom is 0.472 e. The third-order valence-corrected chi connectivity index (χ3v) is 18.7. The van der Waals surface area contributed by atoms with Crippen molar-refractivity contribution in [3.05, 3.63) is 146 Å². The zero-order valence-electron chi connectivity index (χ0n) is 66.3. The van der Waals surface area contributed by atoms with Crippen LogP contribution in [-0.2, 0) is 65.4 Å². The Bertz CT molecular complexity index is 2580. The number of hydrogen-bond donors (Lipinski definition) is 3. The Morgan fingerprint density at radius 1 is 0.274 bits per heavy atom. The second-order valence-electron chi connectivity index (χ2n) is 27.0. The lowest BCUT2D eigenvalue weighted by Crippen LogP contribution is -2.30. The predicted octanol–water partition coefficient (Wildman–Crippen LogP) is 24.2. The van der Waals surface area contributed by atoms with Crippen LogP contribution in [0.4, 0.5) is 0 Å². The van der Waals surface area contributed by atoms with E-state index < -0.39 is 97.5 Å². The number of phosphoric acid groups is 2. The van der Waals surface area contributed by atoms with Crippen LogP contribution >= 0.6 is 15.6 Å². The largest absolute Gasteiger partial charge is 0.472 e. The maximum atomic E-state index is 13.1. The lowest BCUT2D eigenvalue weighted by Gasteiger charge is -2.21. The van der Waals surface area contributed by atoms with Gasteiger partial charge in [0.15, 0.2) is 12.2 Å². The van der Waals surface area contributed by atoms with E-state index in [1.54, 1.807) is 0 Å². The van der Waals surface area contributed by atoms with E-state index in [-0.39, 0.29) is 25.7 Å². The number of unbranched alkanes of at least 4 members (excludes halogenated alkanes) is 26. The monoisotopic (exact) mass is 1530 g/mol. The lowest BCUT2D eigenvalue weighted by atomic mass is 10.0. The summed E-state index contributed by atoms with van der Waals surface area (Å²) in [5.41, 5.74) is 0. The highest BCUT2D eigenvalue weighted by atomic mass is 31.2. The molecule has 0 aliphatic rings. The lowest BCUT2D eigenvalue weighted by molar-refractivity contribution is -0.161. The average molecular weight is 1530 g/mol. The van der Waals surface area contributed by atoms with Gasteiger partial charge in [-0.2, -0.15) is 0 Å². The van der Waals surface area contributed by atoms with E-state index in [0.717, 1.165) is 154 Å². The summed E-state index contributed by atoms with van der Waals surface area (Å²) < 4.78 is 68.6. The fourth-order valence-electron chi connectivity index (χ4n) is 10.6. The zero-order valence-corrected chi connectivity index (χ0v) is 68.1. The highest BCUT2D eigenvalue weighted by molar-refractivity contribution is 7.47. The molecule has 19 heteroatoms. The van der Waals surface area contributed by atoms with Crippen molar-refractivity contribution in [3.63, 3.8) is 0 Å². The van der Waals surface area contributed by atoms with Crippen LogP contribution in [0.1, 0.15) is 323 Å². The molecule has 0 fully saturated rings. The Kier molecular flexibility index (Phi) is 74.3. The Morgan fingerprint density at radius 3 is 0.821 bits per heavy atom. The third kappa shape index (κ3) is 77.1. The van der Waals surface area contributed by atoms with Gasteiger partial charge in [-0.25, -0.2) is 9.13 Å². The van der Waals surface area contributed by atoms with Crippen LogP contribution in [0.5, 0.6) is 0 Å². The van der Waals surface area contributed by atoms with Gasteiger partial charge in [-0.1, -0.05) is 302 Å². The molecule has 0 heterocycles. The SMILES string of the molecule is CC/C=C\C/C=C\C/C=C\C/C=C\C/C=C\CCCCCC(=O)OCC(COP(=O)(O)OCC(O)COP(=O)(O)OCC(COC(=O)CCCCCCC/C=C\C/C=C\CCCCC)OC(=O)CCCCCCCCCCCCCCCCC)OC(=O)CCC/C=C\C/C=C\C/C=C\C/C=C\C/C=C\CC. The summed E-state index contributed by atoms with van der Waals surface area (Å²) in [7, 11) is -10.00. The van der Waals surface area contributed by atoms with E-state index >= 15 is 0 Å². The summed E-state index contributed by atoms with van der Waals surface area (Å²) in [5, 5.41) is 10.7. The molecule has 606 valence electrons. The van der Waals surface area contributed by atoms with Crippen molar-refractivity contribution >= 4 is 39.5 Å². The molecule has 0 aliphatic heterocycles. The summed E-state index contributed by atoms with van der Waals surface area (Å²) in [6, 6.07) is 0. The molecule has 0 aromatic rings. The Labute approximate surface area is 643 Å². The van der Waals surface area contributed by atoms with Crippen LogP contribution in [0.15, 0.2) is 146 Å². The molecule has 17 nitrogen and oxygen atoms in total. The molecule has 0 rings (SSSR count). The normalized spacial score (nSPS) is 14.6. The van der Waals surface area contributed by atoms with Crippen LogP contribution in [-0.4, -0.2) is 96.7 Å². The van der Waals surface area contributed by atoms with E-state index in [2.05, 4.69) is 161 Å². The number of rotatable bonds is 76. The van der Waals surface area contributed by atoms with Gasteiger partial charge in [0.25, 0.3) is 0 Å². The minimum Gasteiger partial charge on any atom is -0.462 e. The minimum absolute atomic E-state index is 0.00455. The molecule has 0 saturated carbocycles.